The van der Waals surface area contributed by atoms with Gasteiger partial charge in [0.25, 0.3) is 5.91 Å². The van der Waals surface area contributed by atoms with Gasteiger partial charge in [0, 0.05) is 12.7 Å². The number of carbonyl (C=O) groups is 1. The van der Waals surface area contributed by atoms with E-state index in [4.69, 9.17) is 0 Å². The summed E-state index contributed by atoms with van der Waals surface area (Å²) < 4.78 is 0. The molecule has 0 aliphatic carbocycles. The maximum Gasteiger partial charge on any atom is 0.270 e. The van der Waals surface area contributed by atoms with Crippen molar-refractivity contribution in [2.24, 2.45) is 0 Å². The predicted molar refractivity (Wildman–Crippen MR) is 51.4 cm³/mol. The summed E-state index contributed by atoms with van der Waals surface area (Å²) in [6.07, 6.45) is 1.59. The van der Waals surface area contributed by atoms with Crippen molar-refractivity contribution in [1.29, 1.82) is 0 Å². The molecule has 0 spiro atoms. The van der Waals surface area contributed by atoms with Crippen LogP contribution in [0.3, 0.4) is 0 Å². The maximum absolute atomic E-state index is 11.3. The molecule has 1 rings (SSSR count). The highest BCUT2D eigenvalue weighted by atomic mass is 16.1. The van der Waals surface area contributed by atoms with Crippen molar-refractivity contribution in [3.05, 3.63) is 42.2 Å². The van der Waals surface area contributed by atoms with Crippen LogP contribution in [-0.2, 0) is 0 Å². The third kappa shape index (κ3) is 3.07. The first-order valence-electron chi connectivity index (χ1n) is 4.04. The van der Waals surface area contributed by atoms with Gasteiger partial charge < -0.3 is 5.32 Å². The molecule has 0 saturated heterocycles. The third-order valence-electron chi connectivity index (χ3n) is 1.45. The third-order valence-corrected chi connectivity index (χ3v) is 1.45. The highest BCUT2D eigenvalue weighted by Crippen LogP contribution is 1.93. The van der Waals surface area contributed by atoms with Gasteiger partial charge in [-0.25, -0.2) is 0 Å². The number of pyridine rings is 1. The van der Waals surface area contributed by atoms with E-state index < -0.39 is 0 Å². The highest BCUT2D eigenvalue weighted by Gasteiger charge is 2.03. The summed E-state index contributed by atoms with van der Waals surface area (Å²) in [4.78, 5) is 15.2. The van der Waals surface area contributed by atoms with Crippen LogP contribution in [0.1, 0.15) is 17.4 Å². The molecule has 1 aromatic heterocycles. The molecule has 0 aliphatic rings. The van der Waals surface area contributed by atoms with E-state index in [1.165, 1.54) is 0 Å². The second kappa shape index (κ2) is 4.40. The van der Waals surface area contributed by atoms with Crippen molar-refractivity contribution in [3.8, 4) is 0 Å². The fourth-order valence-corrected chi connectivity index (χ4v) is 0.819. The van der Waals surface area contributed by atoms with E-state index in [0.29, 0.717) is 12.2 Å². The van der Waals surface area contributed by atoms with Crippen LogP contribution in [0.15, 0.2) is 36.5 Å². The second-order valence-corrected chi connectivity index (χ2v) is 2.85. The molecular weight excluding hydrogens is 164 g/mol. The molecule has 1 aromatic rings. The molecule has 13 heavy (non-hydrogen) atoms. The van der Waals surface area contributed by atoms with Crippen molar-refractivity contribution in [2.45, 2.75) is 6.92 Å². The predicted octanol–water partition coefficient (Wildman–Crippen LogP) is 1.39. The average Bonchev–Trinajstić information content (AvgIpc) is 2.15. The monoisotopic (exact) mass is 176 g/mol. The Labute approximate surface area is 77.5 Å². The average molecular weight is 176 g/mol. The lowest BCUT2D eigenvalue weighted by Gasteiger charge is -2.02. The van der Waals surface area contributed by atoms with Gasteiger partial charge in [-0.15, -0.1) is 0 Å². The standard InChI is InChI=1S/C10H12N2O/c1-8(2)7-12-10(13)9-5-3-4-6-11-9/h3-6H,1,7H2,2H3,(H,12,13). The van der Waals surface area contributed by atoms with Crippen LogP contribution < -0.4 is 5.32 Å². The van der Waals surface area contributed by atoms with Crippen LogP contribution in [0.4, 0.5) is 0 Å². The number of nitrogens with zero attached hydrogens (tertiary/aromatic N) is 1. The van der Waals surface area contributed by atoms with Gasteiger partial charge in [-0.3, -0.25) is 9.78 Å². The Balaban J connectivity index is 2.54. The number of rotatable bonds is 3. The highest BCUT2D eigenvalue weighted by molar-refractivity contribution is 5.92. The summed E-state index contributed by atoms with van der Waals surface area (Å²) in [7, 11) is 0. The van der Waals surface area contributed by atoms with E-state index in [2.05, 4.69) is 16.9 Å². The second-order valence-electron chi connectivity index (χ2n) is 2.85. The fourth-order valence-electron chi connectivity index (χ4n) is 0.819. The van der Waals surface area contributed by atoms with Gasteiger partial charge in [0.1, 0.15) is 5.69 Å². The van der Waals surface area contributed by atoms with Crippen LogP contribution in [0.25, 0.3) is 0 Å². The molecule has 0 saturated carbocycles. The molecule has 68 valence electrons. The summed E-state index contributed by atoms with van der Waals surface area (Å²) in [6.45, 7) is 6.04. The summed E-state index contributed by atoms with van der Waals surface area (Å²) >= 11 is 0. The van der Waals surface area contributed by atoms with E-state index in [9.17, 15) is 4.79 Å². The van der Waals surface area contributed by atoms with Crippen LogP contribution in [0.2, 0.25) is 0 Å². The molecule has 0 atom stereocenters. The topological polar surface area (TPSA) is 42.0 Å². The molecule has 3 heteroatoms. The van der Waals surface area contributed by atoms with E-state index in [1.54, 1.807) is 24.4 Å². The molecule has 3 nitrogen and oxygen atoms in total. The maximum atomic E-state index is 11.3. The van der Waals surface area contributed by atoms with Crippen molar-refractivity contribution >= 4 is 5.91 Å². The van der Waals surface area contributed by atoms with Crippen molar-refractivity contribution in [2.75, 3.05) is 6.54 Å². The fraction of sp³-hybridized carbons (Fsp3) is 0.200. The zero-order valence-electron chi connectivity index (χ0n) is 7.58. The zero-order chi connectivity index (χ0) is 9.68. The molecule has 0 aromatic carbocycles. The molecule has 1 N–H and O–H groups in total. The first-order chi connectivity index (χ1) is 6.20. The number of aromatic nitrogens is 1. The lowest BCUT2D eigenvalue weighted by Crippen LogP contribution is -2.25. The minimum Gasteiger partial charge on any atom is -0.347 e. The summed E-state index contributed by atoms with van der Waals surface area (Å²) in [5.41, 5.74) is 1.35. The van der Waals surface area contributed by atoms with Crippen molar-refractivity contribution in [3.63, 3.8) is 0 Å². The van der Waals surface area contributed by atoms with Crippen LogP contribution in [0.5, 0.6) is 0 Å². The van der Waals surface area contributed by atoms with E-state index >= 15 is 0 Å². The smallest absolute Gasteiger partial charge is 0.270 e. The van der Waals surface area contributed by atoms with Gasteiger partial charge in [0.15, 0.2) is 0 Å². The molecule has 0 unspecified atom stereocenters. The molecule has 0 radical (unpaired) electrons. The molecule has 0 bridgehead atoms. The minimum absolute atomic E-state index is 0.163. The molecule has 0 fully saturated rings. The van der Waals surface area contributed by atoms with Crippen molar-refractivity contribution in [1.82, 2.24) is 10.3 Å². The van der Waals surface area contributed by atoms with Crippen LogP contribution in [0, 0.1) is 0 Å². The Bertz CT molecular complexity index is 306. The van der Waals surface area contributed by atoms with Gasteiger partial charge in [0.2, 0.25) is 0 Å². The molecule has 1 heterocycles. The largest absolute Gasteiger partial charge is 0.347 e. The Morgan fingerprint density at radius 1 is 1.62 bits per heavy atom. The minimum atomic E-state index is -0.163. The number of hydrogen-bond donors (Lipinski definition) is 1. The van der Waals surface area contributed by atoms with Crippen molar-refractivity contribution < 1.29 is 4.79 Å². The van der Waals surface area contributed by atoms with Crippen LogP contribution in [-0.4, -0.2) is 17.4 Å². The van der Waals surface area contributed by atoms with E-state index in [0.717, 1.165) is 5.57 Å². The van der Waals surface area contributed by atoms with Crippen LogP contribution >= 0.6 is 0 Å². The van der Waals surface area contributed by atoms with Gasteiger partial charge in [-0.1, -0.05) is 18.2 Å². The zero-order valence-corrected chi connectivity index (χ0v) is 7.58. The number of nitrogens with one attached hydrogen (secondary N) is 1. The van der Waals surface area contributed by atoms with Gasteiger partial charge in [-0.2, -0.15) is 0 Å². The SMILES string of the molecule is C=C(C)CNC(=O)c1ccccn1. The lowest BCUT2D eigenvalue weighted by molar-refractivity contribution is 0.0952. The van der Waals surface area contributed by atoms with Gasteiger partial charge in [0.05, 0.1) is 0 Å². The van der Waals surface area contributed by atoms with Gasteiger partial charge >= 0.3 is 0 Å². The quantitative estimate of drug-likeness (QED) is 0.707. The first-order valence-corrected chi connectivity index (χ1v) is 4.04. The molecular formula is C10H12N2O. The number of amides is 1. The Morgan fingerprint density at radius 3 is 2.92 bits per heavy atom. The van der Waals surface area contributed by atoms with E-state index in [1.807, 2.05) is 6.92 Å². The Hall–Kier alpha value is -1.64. The first kappa shape index (κ1) is 9.45. The van der Waals surface area contributed by atoms with Gasteiger partial charge in [-0.05, 0) is 19.1 Å². The summed E-state index contributed by atoms with van der Waals surface area (Å²) in [5.74, 6) is -0.163. The normalized spacial score (nSPS) is 9.31. The Morgan fingerprint density at radius 2 is 2.38 bits per heavy atom. The Kier molecular flexibility index (Phi) is 3.20. The molecule has 1 amide bonds. The summed E-state index contributed by atoms with van der Waals surface area (Å²) in [5, 5.41) is 2.70. The number of hydrogen-bond acceptors (Lipinski definition) is 2. The summed E-state index contributed by atoms with van der Waals surface area (Å²) in [6, 6.07) is 5.23. The lowest BCUT2D eigenvalue weighted by atomic mass is 10.3. The molecule has 0 aliphatic heterocycles. The number of carbonyl (C=O) groups excluding carboxylic acids is 1. The van der Waals surface area contributed by atoms with E-state index in [-0.39, 0.29) is 5.91 Å².